The van der Waals surface area contributed by atoms with Crippen LogP contribution in [0.15, 0.2) is 42.0 Å². The van der Waals surface area contributed by atoms with Crippen molar-refractivity contribution in [3.63, 3.8) is 0 Å². The second-order valence-electron chi connectivity index (χ2n) is 5.17. The lowest BCUT2D eigenvalue weighted by molar-refractivity contribution is 0.436. The maximum absolute atomic E-state index is 2.31. The molecule has 0 N–H and O–H groups in total. The molecule has 0 bridgehead atoms. The van der Waals surface area contributed by atoms with E-state index < -0.39 is 0 Å². The minimum atomic E-state index is 0. The summed E-state index contributed by atoms with van der Waals surface area (Å²) < 4.78 is 0. The van der Waals surface area contributed by atoms with E-state index in [2.05, 4.69) is 50.3 Å². The average molecular weight is 230 g/mol. The number of benzene rings is 1. The summed E-state index contributed by atoms with van der Waals surface area (Å²) in [5.74, 6) is 0. The molecular weight excluding hydrogens is 204 g/mol. The predicted octanol–water partition coefficient (Wildman–Crippen LogP) is 5.49. The highest BCUT2D eigenvalue weighted by Crippen LogP contribution is 2.45. The molecule has 0 heteroatoms. The first-order valence-corrected chi connectivity index (χ1v) is 6.44. The van der Waals surface area contributed by atoms with E-state index >= 15 is 0 Å². The van der Waals surface area contributed by atoms with Crippen molar-refractivity contribution in [3.05, 3.63) is 47.5 Å². The second-order valence-corrected chi connectivity index (χ2v) is 5.17. The normalized spacial score (nSPS) is 18.8. The van der Waals surface area contributed by atoms with Crippen molar-refractivity contribution in [2.75, 3.05) is 0 Å². The van der Waals surface area contributed by atoms with Crippen LogP contribution in [0.5, 0.6) is 0 Å². The number of hydrogen-bond acceptors (Lipinski definition) is 0. The molecule has 0 unspecified atom stereocenters. The fourth-order valence-corrected chi connectivity index (χ4v) is 3.05. The van der Waals surface area contributed by atoms with Gasteiger partial charge in [0.1, 0.15) is 0 Å². The Morgan fingerprint density at radius 3 is 2.29 bits per heavy atom. The first-order chi connectivity index (χ1) is 7.77. The number of hydrogen-bond donors (Lipinski definition) is 0. The molecule has 2 rings (SSSR count). The van der Waals surface area contributed by atoms with Crippen LogP contribution in [0.3, 0.4) is 0 Å². The van der Waals surface area contributed by atoms with Gasteiger partial charge in [0.2, 0.25) is 0 Å². The van der Waals surface area contributed by atoms with Crippen molar-refractivity contribution in [3.8, 4) is 0 Å². The molecule has 1 aromatic carbocycles. The molecule has 1 fully saturated rings. The smallest absolute Gasteiger partial charge is 0.000999 e. The monoisotopic (exact) mass is 230 g/mol. The molecule has 0 spiro atoms. The number of allylic oxidation sites excluding steroid dienone is 2. The summed E-state index contributed by atoms with van der Waals surface area (Å²) in [5.41, 5.74) is 3.53. The van der Waals surface area contributed by atoms with Crippen molar-refractivity contribution < 1.29 is 0 Å². The number of rotatable bonds is 3. The summed E-state index contributed by atoms with van der Waals surface area (Å²) in [6.07, 6.45) is 9.03. The van der Waals surface area contributed by atoms with Crippen LogP contribution in [-0.2, 0) is 5.41 Å². The summed E-state index contributed by atoms with van der Waals surface area (Å²) in [6.45, 7) is 4.42. The van der Waals surface area contributed by atoms with Crippen LogP contribution >= 0.6 is 0 Å². The molecule has 0 aromatic heterocycles. The fourth-order valence-electron chi connectivity index (χ4n) is 3.05. The average Bonchev–Trinajstić information content (AvgIpc) is 2.80. The SMILES string of the molecule is C.C/C=C(/C)CC1(c2ccccc2)CCCC1. The molecular formula is C17H26. The van der Waals surface area contributed by atoms with E-state index in [1.165, 1.54) is 37.7 Å². The molecule has 1 aliphatic rings. The maximum Gasteiger partial charge on any atom is -0.000999 e. The highest BCUT2D eigenvalue weighted by molar-refractivity contribution is 5.28. The summed E-state index contributed by atoms with van der Waals surface area (Å²) in [7, 11) is 0. The van der Waals surface area contributed by atoms with Crippen LogP contribution in [0.25, 0.3) is 0 Å². The van der Waals surface area contributed by atoms with Gasteiger partial charge in [0.05, 0.1) is 0 Å². The molecule has 1 saturated carbocycles. The molecule has 94 valence electrons. The van der Waals surface area contributed by atoms with E-state index in [4.69, 9.17) is 0 Å². The van der Waals surface area contributed by atoms with Crippen LogP contribution in [0, 0.1) is 0 Å². The van der Waals surface area contributed by atoms with Gasteiger partial charge < -0.3 is 0 Å². The van der Waals surface area contributed by atoms with E-state index in [0.29, 0.717) is 5.41 Å². The molecule has 0 nitrogen and oxygen atoms in total. The minimum Gasteiger partial charge on any atom is -0.0887 e. The van der Waals surface area contributed by atoms with Crippen molar-refractivity contribution in [2.45, 2.75) is 58.8 Å². The van der Waals surface area contributed by atoms with E-state index in [-0.39, 0.29) is 7.43 Å². The zero-order valence-corrected chi connectivity index (χ0v) is 10.5. The summed E-state index contributed by atoms with van der Waals surface area (Å²) in [6, 6.07) is 11.1. The maximum atomic E-state index is 2.31. The summed E-state index contributed by atoms with van der Waals surface area (Å²) >= 11 is 0. The van der Waals surface area contributed by atoms with E-state index in [1.807, 2.05) is 0 Å². The Morgan fingerprint density at radius 1 is 1.18 bits per heavy atom. The van der Waals surface area contributed by atoms with Crippen molar-refractivity contribution in [1.82, 2.24) is 0 Å². The molecule has 0 aliphatic heterocycles. The van der Waals surface area contributed by atoms with E-state index in [9.17, 15) is 0 Å². The highest BCUT2D eigenvalue weighted by Gasteiger charge is 2.35. The van der Waals surface area contributed by atoms with Gasteiger partial charge in [-0.2, -0.15) is 0 Å². The van der Waals surface area contributed by atoms with Gasteiger partial charge in [-0.1, -0.05) is 62.2 Å². The third kappa shape index (κ3) is 3.00. The van der Waals surface area contributed by atoms with Gasteiger partial charge >= 0.3 is 0 Å². The van der Waals surface area contributed by atoms with Gasteiger partial charge in [0.25, 0.3) is 0 Å². The van der Waals surface area contributed by atoms with Gasteiger partial charge in [0, 0.05) is 0 Å². The molecule has 17 heavy (non-hydrogen) atoms. The van der Waals surface area contributed by atoms with E-state index in [0.717, 1.165) is 0 Å². The molecule has 0 saturated heterocycles. The Kier molecular flexibility index (Phi) is 4.99. The molecule has 0 atom stereocenters. The lowest BCUT2D eigenvalue weighted by Crippen LogP contribution is -2.22. The first-order valence-electron chi connectivity index (χ1n) is 6.44. The Hall–Kier alpha value is -1.04. The lowest BCUT2D eigenvalue weighted by atomic mass is 9.74. The van der Waals surface area contributed by atoms with Crippen molar-refractivity contribution in [2.24, 2.45) is 0 Å². The van der Waals surface area contributed by atoms with Crippen LogP contribution in [0.4, 0.5) is 0 Å². The van der Waals surface area contributed by atoms with Gasteiger partial charge in [-0.25, -0.2) is 0 Å². The Labute approximate surface area is 107 Å². The van der Waals surface area contributed by atoms with Crippen LogP contribution < -0.4 is 0 Å². The Morgan fingerprint density at radius 2 is 1.76 bits per heavy atom. The topological polar surface area (TPSA) is 0 Å². The van der Waals surface area contributed by atoms with E-state index in [1.54, 1.807) is 5.56 Å². The molecule has 0 heterocycles. The lowest BCUT2D eigenvalue weighted by Gasteiger charge is -2.30. The zero-order chi connectivity index (χ0) is 11.4. The Balaban J connectivity index is 0.00000144. The third-order valence-corrected chi connectivity index (χ3v) is 4.06. The first kappa shape index (κ1) is 14.0. The van der Waals surface area contributed by atoms with Crippen molar-refractivity contribution in [1.29, 1.82) is 0 Å². The fraction of sp³-hybridized carbons (Fsp3) is 0.529. The molecule has 0 radical (unpaired) electrons. The quantitative estimate of drug-likeness (QED) is 0.602. The minimum absolute atomic E-state index is 0. The Bertz CT molecular complexity index is 353. The van der Waals surface area contributed by atoms with Gasteiger partial charge in [-0.3, -0.25) is 0 Å². The predicted molar refractivity (Wildman–Crippen MR) is 77.4 cm³/mol. The summed E-state index contributed by atoms with van der Waals surface area (Å²) in [4.78, 5) is 0. The zero-order valence-electron chi connectivity index (χ0n) is 10.5. The molecule has 1 aliphatic carbocycles. The van der Waals surface area contributed by atoms with Crippen LogP contribution in [0.2, 0.25) is 0 Å². The highest BCUT2D eigenvalue weighted by atomic mass is 14.4. The van der Waals surface area contributed by atoms with Crippen LogP contribution in [-0.4, -0.2) is 0 Å². The van der Waals surface area contributed by atoms with Crippen molar-refractivity contribution >= 4 is 0 Å². The standard InChI is InChI=1S/C16H22.CH4/c1-3-14(2)13-16(11-7-8-12-16)15-9-5-4-6-10-15;/h3-6,9-10H,7-8,11-13H2,1-2H3;1H4/b14-3-;. The molecule has 1 aromatic rings. The van der Waals surface area contributed by atoms with Crippen LogP contribution in [0.1, 0.15) is 58.9 Å². The van der Waals surface area contributed by atoms with Gasteiger partial charge in [0.15, 0.2) is 0 Å². The van der Waals surface area contributed by atoms with Gasteiger partial charge in [-0.15, -0.1) is 0 Å². The largest absolute Gasteiger partial charge is 0.0887 e. The third-order valence-electron chi connectivity index (χ3n) is 4.06. The van der Waals surface area contributed by atoms with Gasteiger partial charge in [-0.05, 0) is 44.1 Å². The second kappa shape index (κ2) is 6.05. The summed E-state index contributed by atoms with van der Waals surface area (Å²) in [5, 5.41) is 0. The molecule has 0 amide bonds.